The summed E-state index contributed by atoms with van der Waals surface area (Å²) in [6, 6.07) is 10.0. The van der Waals surface area contributed by atoms with Crippen molar-refractivity contribution < 1.29 is 11.0 Å². The quantitative estimate of drug-likeness (QED) is 0.390. The number of dihydropyridines is 1. The van der Waals surface area contributed by atoms with Gasteiger partial charge in [0, 0.05) is 45.3 Å². The number of allylic oxidation sites excluding steroid dienone is 2. The lowest BCUT2D eigenvalue weighted by Crippen LogP contribution is -2.54. The first-order chi connectivity index (χ1) is 19.9. The molecule has 3 aliphatic heterocycles. The Balaban J connectivity index is 0.00000118. The topological polar surface area (TPSA) is 78.5 Å². The van der Waals surface area contributed by atoms with Gasteiger partial charge in [-0.1, -0.05) is 45.9 Å². The van der Waals surface area contributed by atoms with Crippen molar-refractivity contribution in [2.24, 2.45) is 0 Å². The van der Waals surface area contributed by atoms with Crippen LogP contribution in [0, 0.1) is 13.8 Å². The molecule has 1 amide bonds. The van der Waals surface area contributed by atoms with Gasteiger partial charge in [0.2, 0.25) is 0 Å². The SMILES string of the molecule is CC.CC.Cc1ccc(C(=O)NCCC2=Cc3nc(C4=CC=CC(N5C[C@@H](C)O[C@@H](C)C5)N4)ccc3CN2)cc1C.[HH]. The standard InChI is InChI=1S/C30H37N5O2.2C2H6.H2/c1-19-8-9-23(14-20(19)2)30(36)31-13-12-25-15-28-24(16-32-25)10-11-27(33-28)26-6-5-7-29(34-26)35-17-21(3)37-22(4)18-35;2*1-2;/h5-11,14-15,21-22,29,32,34H,12-13,16-18H2,1-4H3,(H,31,36);2*1-2H3;1H/t21-,22+,29?;;;. The minimum atomic E-state index is -0.0395. The van der Waals surface area contributed by atoms with E-state index in [0.717, 1.165) is 54.4 Å². The van der Waals surface area contributed by atoms with Crippen LogP contribution in [0.1, 0.15) is 87.8 Å². The zero-order valence-electron chi connectivity index (χ0n) is 26.2. The summed E-state index contributed by atoms with van der Waals surface area (Å²) in [6.45, 7) is 19.4. The highest BCUT2D eigenvalue weighted by Gasteiger charge is 2.28. The molecule has 3 aliphatic rings. The smallest absolute Gasteiger partial charge is 0.251 e. The highest BCUT2D eigenvalue weighted by molar-refractivity contribution is 5.94. The number of pyridine rings is 1. The summed E-state index contributed by atoms with van der Waals surface area (Å²) in [6.07, 6.45) is 9.79. The molecule has 224 valence electrons. The molecular formula is C34H51N5O2. The van der Waals surface area contributed by atoms with Crippen LogP contribution in [0.3, 0.4) is 0 Å². The number of aromatic nitrogens is 1. The summed E-state index contributed by atoms with van der Waals surface area (Å²) >= 11 is 0. The number of hydrogen-bond acceptors (Lipinski definition) is 6. The molecule has 1 aromatic heterocycles. The van der Waals surface area contributed by atoms with Crippen LogP contribution in [0.2, 0.25) is 0 Å². The predicted octanol–water partition coefficient (Wildman–Crippen LogP) is 6.20. The Kier molecular flexibility index (Phi) is 12.2. The summed E-state index contributed by atoms with van der Waals surface area (Å²) in [5.41, 5.74) is 8.21. The molecule has 1 fully saturated rings. The third-order valence-corrected chi connectivity index (χ3v) is 7.26. The van der Waals surface area contributed by atoms with Crippen LogP contribution in [0.5, 0.6) is 0 Å². The van der Waals surface area contributed by atoms with E-state index >= 15 is 0 Å². The highest BCUT2D eigenvalue weighted by Crippen LogP contribution is 2.23. The Hall–Kier alpha value is -3.42. The number of aryl methyl sites for hydroxylation is 2. The minimum absolute atomic E-state index is 0. The van der Waals surface area contributed by atoms with Crippen molar-refractivity contribution in [2.75, 3.05) is 19.6 Å². The summed E-state index contributed by atoms with van der Waals surface area (Å²) < 4.78 is 5.91. The fraction of sp³-hybridized carbons (Fsp3) is 0.471. The zero-order chi connectivity index (χ0) is 29.9. The minimum Gasteiger partial charge on any atom is -0.384 e. The molecule has 2 aromatic rings. The van der Waals surface area contributed by atoms with Gasteiger partial charge < -0.3 is 20.7 Å². The molecule has 7 nitrogen and oxygen atoms in total. The number of ether oxygens (including phenoxy) is 1. The normalized spacial score (nSPS) is 21.3. The number of carbonyl (C=O) groups is 1. The van der Waals surface area contributed by atoms with Crippen LogP contribution in [-0.2, 0) is 11.3 Å². The number of rotatable bonds is 6. The Labute approximate surface area is 248 Å². The van der Waals surface area contributed by atoms with Gasteiger partial charge in [-0.05, 0) is 80.8 Å². The molecule has 0 saturated carbocycles. The van der Waals surface area contributed by atoms with Gasteiger partial charge in [-0.3, -0.25) is 9.69 Å². The number of nitrogens with zero attached hydrogens (tertiary/aromatic N) is 2. The highest BCUT2D eigenvalue weighted by atomic mass is 16.5. The van der Waals surface area contributed by atoms with E-state index in [9.17, 15) is 4.79 Å². The molecule has 0 bridgehead atoms. The molecule has 0 radical (unpaired) electrons. The molecule has 1 saturated heterocycles. The molecule has 5 rings (SSSR count). The molecule has 0 aliphatic carbocycles. The zero-order valence-corrected chi connectivity index (χ0v) is 26.2. The number of amides is 1. The number of fused-ring (bicyclic) bond motifs is 1. The fourth-order valence-electron chi connectivity index (χ4n) is 5.14. The van der Waals surface area contributed by atoms with E-state index in [-0.39, 0.29) is 25.7 Å². The van der Waals surface area contributed by atoms with Gasteiger partial charge in [0.15, 0.2) is 0 Å². The van der Waals surface area contributed by atoms with Gasteiger partial charge in [-0.2, -0.15) is 0 Å². The number of carbonyl (C=O) groups excluding carboxylic acids is 1. The molecule has 3 atom stereocenters. The van der Waals surface area contributed by atoms with E-state index in [1.807, 2.05) is 52.8 Å². The van der Waals surface area contributed by atoms with E-state index in [0.29, 0.717) is 12.1 Å². The third kappa shape index (κ3) is 8.54. The van der Waals surface area contributed by atoms with Gasteiger partial charge in [0.05, 0.1) is 35.5 Å². The summed E-state index contributed by atoms with van der Waals surface area (Å²) in [7, 11) is 0. The lowest BCUT2D eigenvalue weighted by molar-refractivity contribution is -0.0770. The van der Waals surface area contributed by atoms with E-state index in [4.69, 9.17) is 9.72 Å². The molecular weight excluding hydrogens is 510 g/mol. The van der Waals surface area contributed by atoms with Crippen molar-refractivity contribution in [1.82, 2.24) is 25.8 Å². The number of nitrogens with one attached hydrogen (secondary N) is 3. The number of benzene rings is 1. The van der Waals surface area contributed by atoms with Crippen molar-refractivity contribution in [3.8, 4) is 0 Å². The first-order valence-electron chi connectivity index (χ1n) is 15.2. The van der Waals surface area contributed by atoms with Crippen molar-refractivity contribution in [1.29, 1.82) is 0 Å². The van der Waals surface area contributed by atoms with Crippen molar-refractivity contribution >= 4 is 17.7 Å². The average molecular weight is 562 g/mol. The Morgan fingerprint density at radius 1 is 1.07 bits per heavy atom. The fourth-order valence-corrected chi connectivity index (χ4v) is 5.14. The maximum absolute atomic E-state index is 12.6. The van der Waals surface area contributed by atoms with E-state index in [1.54, 1.807) is 0 Å². The molecule has 3 N–H and O–H groups in total. The van der Waals surface area contributed by atoms with Crippen LogP contribution >= 0.6 is 0 Å². The summed E-state index contributed by atoms with van der Waals surface area (Å²) in [4.78, 5) is 20.0. The first-order valence-corrected chi connectivity index (χ1v) is 15.2. The molecule has 0 spiro atoms. The van der Waals surface area contributed by atoms with Gasteiger partial charge in [-0.15, -0.1) is 0 Å². The number of hydrogen-bond donors (Lipinski definition) is 3. The lowest BCUT2D eigenvalue weighted by atomic mass is 10.0. The van der Waals surface area contributed by atoms with Crippen LogP contribution in [0.15, 0.2) is 54.3 Å². The van der Waals surface area contributed by atoms with Crippen LogP contribution in [0.4, 0.5) is 0 Å². The van der Waals surface area contributed by atoms with E-state index < -0.39 is 0 Å². The molecule has 4 heterocycles. The van der Waals surface area contributed by atoms with Crippen LogP contribution < -0.4 is 16.0 Å². The second-order valence-electron chi connectivity index (χ2n) is 10.3. The van der Waals surface area contributed by atoms with E-state index in [1.165, 1.54) is 11.1 Å². The lowest BCUT2D eigenvalue weighted by Gasteiger charge is -2.40. The Bertz CT molecular complexity index is 1260. The molecule has 7 heteroatoms. The second kappa shape index (κ2) is 15.5. The van der Waals surface area contributed by atoms with Crippen LogP contribution in [0.25, 0.3) is 11.8 Å². The van der Waals surface area contributed by atoms with Gasteiger partial charge >= 0.3 is 0 Å². The summed E-state index contributed by atoms with van der Waals surface area (Å²) in [5, 5.41) is 10.2. The molecule has 1 unspecified atom stereocenters. The van der Waals surface area contributed by atoms with Crippen molar-refractivity contribution in [3.05, 3.63) is 87.9 Å². The van der Waals surface area contributed by atoms with Gasteiger partial charge in [0.1, 0.15) is 0 Å². The third-order valence-electron chi connectivity index (χ3n) is 7.26. The predicted molar refractivity (Wildman–Crippen MR) is 172 cm³/mol. The second-order valence-corrected chi connectivity index (χ2v) is 10.3. The maximum Gasteiger partial charge on any atom is 0.251 e. The number of morpholine rings is 1. The van der Waals surface area contributed by atoms with Gasteiger partial charge in [-0.25, -0.2) is 4.98 Å². The largest absolute Gasteiger partial charge is 0.384 e. The van der Waals surface area contributed by atoms with Crippen molar-refractivity contribution in [2.45, 2.75) is 86.7 Å². The molecule has 1 aromatic carbocycles. The maximum atomic E-state index is 12.6. The van der Waals surface area contributed by atoms with Crippen molar-refractivity contribution in [3.63, 3.8) is 0 Å². The van der Waals surface area contributed by atoms with Gasteiger partial charge in [0.25, 0.3) is 5.91 Å². The summed E-state index contributed by atoms with van der Waals surface area (Å²) in [5.74, 6) is -0.0395. The Morgan fingerprint density at radius 3 is 2.51 bits per heavy atom. The molecule has 41 heavy (non-hydrogen) atoms. The first kappa shape index (κ1) is 32.1. The average Bonchev–Trinajstić information content (AvgIpc) is 2.99. The van der Waals surface area contributed by atoms with Crippen LogP contribution in [-0.4, -0.2) is 53.8 Å². The Morgan fingerprint density at radius 2 is 1.80 bits per heavy atom. The van der Waals surface area contributed by atoms with E-state index in [2.05, 4.69) is 78.1 Å². The monoisotopic (exact) mass is 561 g/mol.